The van der Waals surface area contributed by atoms with E-state index in [9.17, 15) is 18.0 Å². The van der Waals surface area contributed by atoms with E-state index in [4.69, 9.17) is 5.11 Å². The van der Waals surface area contributed by atoms with Crippen molar-refractivity contribution in [1.82, 2.24) is 5.32 Å². The number of carbonyl (C=O) groups excluding carboxylic acids is 1. The molecule has 7 nitrogen and oxygen atoms in total. The Kier molecular flexibility index (Phi) is 5.95. The molecule has 1 saturated heterocycles. The second-order valence-electron chi connectivity index (χ2n) is 6.75. The molecular weight excluding hydrogens is 356 g/mol. The van der Waals surface area contributed by atoms with Gasteiger partial charge in [-0.25, -0.2) is 8.42 Å². The molecule has 2 N–H and O–H groups in total. The van der Waals surface area contributed by atoms with Gasteiger partial charge in [-0.3, -0.25) is 13.9 Å². The van der Waals surface area contributed by atoms with Crippen molar-refractivity contribution >= 4 is 27.6 Å². The van der Waals surface area contributed by atoms with Crippen molar-refractivity contribution in [2.45, 2.75) is 52.0 Å². The molecule has 1 aliphatic rings. The van der Waals surface area contributed by atoms with E-state index in [0.717, 1.165) is 0 Å². The van der Waals surface area contributed by atoms with Crippen LogP contribution in [0.15, 0.2) is 18.2 Å². The fourth-order valence-corrected chi connectivity index (χ4v) is 4.86. The number of benzene rings is 1. The number of nitrogens with one attached hydrogen (secondary N) is 1. The number of hydrogen-bond donors (Lipinski definition) is 2. The van der Waals surface area contributed by atoms with Crippen LogP contribution >= 0.6 is 0 Å². The van der Waals surface area contributed by atoms with Crippen molar-refractivity contribution in [2.24, 2.45) is 0 Å². The van der Waals surface area contributed by atoms with E-state index in [1.54, 1.807) is 25.1 Å². The summed E-state index contributed by atoms with van der Waals surface area (Å²) in [4.78, 5) is 23.9. The van der Waals surface area contributed by atoms with E-state index >= 15 is 0 Å². The number of nitrogens with zero attached hydrogens (tertiary/aromatic N) is 1. The Hall–Kier alpha value is -2.09. The number of aliphatic carboxylic acids is 1. The SMILES string of the molecule is CCC(CC)(CC(=O)O)NC(=O)c1ccc(N2CCCS2(=O)=O)cc1C. The van der Waals surface area contributed by atoms with Crippen molar-refractivity contribution in [3.8, 4) is 0 Å². The number of anilines is 1. The molecule has 0 saturated carbocycles. The van der Waals surface area contributed by atoms with Gasteiger partial charge < -0.3 is 10.4 Å². The first kappa shape index (κ1) is 20.2. The van der Waals surface area contributed by atoms with Gasteiger partial charge in [0.2, 0.25) is 10.0 Å². The molecule has 0 aliphatic carbocycles. The molecule has 0 unspecified atom stereocenters. The maximum atomic E-state index is 12.7. The first-order chi connectivity index (χ1) is 12.1. The Bertz CT molecular complexity index is 800. The third-order valence-corrected chi connectivity index (χ3v) is 6.93. The highest BCUT2D eigenvalue weighted by atomic mass is 32.2. The molecule has 2 rings (SSSR count). The summed E-state index contributed by atoms with van der Waals surface area (Å²) >= 11 is 0. The Morgan fingerprint density at radius 2 is 1.92 bits per heavy atom. The Labute approximate surface area is 154 Å². The summed E-state index contributed by atoms with van der Waals surface area (Å²) in [6.45, 7) is 5.89. The zero-order valence-electron chi connectivity index (χ0n) is 15.4. The van der Waals surface area contributed by atoms with Crippen molar-refractivity contribution in [1.29, 1.82) is 0 Å². The van der Waals surface area contributed by atoms with Crippen LogP contribution in [0.25, 0.3) is 0 Å². The second-order valence-corrected chi connectivity index (χ2v) is 8.77. The van der Waals surface area contributed by atoms with E-state index in [2.05, 4.69) is 5.32 Å². The quantitative estimate of drug-likeness (QED) is 0.753. The average Bonchev–Trinajstić information content (AvgIpc) is 2.92. The first-order valence-electron chi connectivity index (χ1n) is 8.79. The summed E-state index contributed by atoms with van der Waals surface area (Å²) < 4.78 is 25.5. The Morgan fingerprint density at radius 3 is 2.38 bits per heavy atom. The van der Waals surface area contributed by atoms with Gasteiger partial charge in [-0.1, -0.05) is 13.8 Å². The number of carboxylic acid groups (broad SMARTS) is 1. The van der Waals surface area contributed by atoms with Crippen LogP contribution in [0.4, 0.5) is 5.69 Å². The molecule has 144 valence electrons. The van der Waals surface area contributed by atoms with E-state index in [0.29, 0.717) is 42.6 Å². The van der Waals surface area contributed by atoms with E-state index in [-0.39, 0.29) is 18.1 Å². The van der Waals surface area contributed by atoms with Gasteiger partial charge in [0.15, 0.2) is 0 Å². The lowest BCUT2D eigenvalue weighted by Crippen LogP contribution is -2.49. The van der Waals surface area contributed by atoms with Gasteiger partial charge in [-0.2, -0.15) is 0 Å². The van der Waals surface area contributed by atoms with Gasteiger partial charge in [0.05, 0.1) is 23.4 Å². The van der Waals surface area contributed by atoms with Gasteiger partial charge in [-0.15, -0.1) is 0 Å². The first-order valence-corrected chi connectivity index (χ1v) is 10.4. The van der Waals surface area contributed by atoms with E-state index in [1.165, 1.54) is 4.31 Å². The molecule has 1 fully saturated rings. The molecule has 8 heteroatoms. The summed E-state index contributed by atoms with van der Waals surface area (Å²) in [7, 11) is -3.27. The highest BCUT2D eigenvalue weighted by molar-refractivity contribution is 7.93. The van der Waals surface area contributed by atoms with Crippen LogP contribution in [0.5, 0.6) is 0 Å². The smallest absolute Gasteiger partial charge is 0.305 e. The minimum atomic E-state index is -3.27. The lowest BCUT2D eigenvalue weighted by molar-refractivity contribution is -0.138. The fourth-order valence-electron chi connectivity index (χ4n) is 3.31. The maximum Gasteiger partial charge on any atom is 0.305 e. The third kappa shape index (κ3) is 4.17. The van der Waals surface area contributed by atoms with Crippen molar-refractivity contribution in [3.05, 3.63) is 29.3 Å². The van der Waals surface area contributed by atoms with Gasteiger partial charge in [0, 0.05) is 12.1 Å². The molecule has 26 heavy (non-hydrogen) atoms. The predicted molar refractivity (Wildman–Crippen MR) is 100.0 cm³/mol. The monoisotopic (exact) mass is 382 g/mol. The molecule has 0 spiro atoms. The van der Waals surface area contributed by atoms with Crippen molar-refractivity contribution in [3.63, 3.8) is 0 Å². The summed E-state index contributed by atoms with van der Waals surface area (Å²) in [6.07, 6.45) is 1.46. The number of aryl methyl sites for hydroxylation is 1. The van der Waals surface area contributed by atoms with Crippen LogP contribution in [0.3, 0.4) is 0 Å². The average molecular weight is 382 g/mol. The van der Waals surface area contributed by atoms with Crippen LogP contribution in [0.2, 0.25) is 0 Å². The van der Waals surface area contributed by atoms with Gasteiger partial charge >= 0.3 is 5.97 Å². The molecular formula is C18H26N2O5S. The zero-order chi connectivity index (χ0) is 19.5. The normalized spacial score (nSPS) is 16.5. The van der Waals surface area contributed by atoms with Gasteiger partial charge in [0.25, 0.3) is 5.91 Å². The molecule has 0 aromatic heterocycles. The molecule has 1 aliphatic heterocycles. The second kappa shape index (κ2) is 7.65. The maximum absolute atomic E-state index is 12.7. The van der Waals surface area contributed by atoms with Crippen LogP contribution < -0.4 is 9.62 Å². The van der Waals surface area contributed by atoms with E-state index in [1.807, 2.05) is 13.8 Å². The molecule has 1 heterocycles. The minimum Gasteiger partial charge on any atom is -0.481 e. The molecule has 0 bridgehead atoms. The highest BCUT2D eigenvalue weighted by Crippen LogP contribution is 2.27. The van der Waals surface area contributed by atoms with Gasteiger partial charge in [-0.05, 0) is 49.9 Å². The zero-order valence-corrected chi connectivity index (χ0v) is 16.2. The fraction of sp³-hybridized carbons (Fsp3) is 0.556. The summed E-state index contributed by atoms with van der Waals surface area (Å²) in [5, 5.41) is 12.0. The highest BCUT2D eigenvalue weighted by Gasteiger charge is 2.32. The molecule has 1 amide bonds. The van der Waals surface area contributed by atoms with Crippen molar-refractivity contribution < 1.29 is 23.1 Å². The number of carboxylic acids is 1. The number of hydrogen-bond acceptors (Lipinski definition) is 4. The number of carbonyl (C=O) groups is 2. The molecule has 1 aromatic carbocycles. The van der Waals surface area contributed by atoms with Crippen LogP contribution in [-0.2, 0) is 14.8 Å². The molecule has 0 radical (unpaired) electrons. The van der Waals surface area contributed by atoms with Crippen molar-refractivity contribution in [2.75, 3.05) is 16.6 Å². The minimum absolute atomic E-state index is 0.138. The number of rotatable bonds is 7. The molecule has 1 aromatic rings. The Balaban J connectivity index is 2.26. The summed E-state index contributed by atoms with van der Waals surface area (Å²) in [5.74, 6) is -1.16. The topological polar surface area (TPSA) is 104 Å². The van der Waals surface area contributed by atoms with Crippen LogP contribution in [0.1, 0.15) is 55.5 Å². The number of sulfonamides is 1. The molecule has 0 atom stereocenters. The lowest BCUT2D eigenvalue weighted by atomic mass is 9.88. The van der Waals surface area contributed by atoms with Crippen LogP contribution in [-0.4, -0.2) is 43.2 Å². The van der Waals surface area contributed by atoms with Crippen LogP contribution in [0, 0.1) is 6.92 Å². The van der Waals surface area contributed by atoms with Gasteiger partial charge in [0.1, 0.15) is 0 Å². The summed E-state index contributed by atoms with van der Waals surface area (Å²) in [6, 6.07) is 4.92. The predicted octanol–water partition coefficient (Wildman–Crippen LogP) is 2.30. The number of amides is 1. The standard InChI is InChI=1S/C18H26N2O5S/c1-4-18(5-2,12-16(21)22)19-17(23)15-8-7-14(11-13(15)3)20-9-6-10-26(20,24)25/h7-8,11H,4-6,9-10,12H2,1-3H3,(H,19,23)(H,21,22). The Morgan fingerprint density at radius 1 is 1.27 bits per heavy atom. The van der Waals surface area contributed by atoms with E-state index < -0.39 is 21.5 Å². The largest absolute Gasteiger partial charge is 0.481 e. The third-order valence-electron chi connectivity index (χ3n) is 5.06. The summed E-state index contributed by atoms with van der Waals surface area (Å²) in [5.41, 5.74) is 0.826. The lowest BCUT2D eigenvalue weighted by Gasteiger charge is -2.31.